The van der Waals surface area contributed by atoms with Gasteiger partial charge in [-0.05, 0) is 54.2 Å². The molecule has 1 aromatic heterocycles. The molecule has 0 saturated carbocycles. The Labute approximate surface area is 260 Å². The number of phenols is 1. The summed E-state index contributed by atoms with van der Waals surface area (Å²) in [7, 11) is 0. The fraction of sp³-hybridized carbons (Fsp3) is 0.294. The summed E-state index contributed by atoms with van der Waals surface area (Å²) in [4.78, 5) is 57.4. The van der Waals surface area contributed by atoms with Gasteiger partial charge in [-0.25, -0.2) is 4.79 Å². The molecule has 0 aliphatic carbocycles. The summed E-state index contributed by atoms with van der Waals surface area (Å²) in [6.07, 6.45) is 3.18. The Balaban J connectivity index is 1.29. The third kappa shape index (κ3) is 7.68. The predicted octanol–water partition coefficient (Wildman–Crippen LogP) is 2.27. The number of phenolic OH excluding ortho intramolecular Hbond substituents is 1. The molecule has 11 heteroatoms. The molecule has 4 aromatic rings. The molecular weight excluding hydrogens is 574 g/mol. The lowest BCUT2D eigenvalue weighted by atomic mass is 10.0. The molecule has 1 fully saturated rings. The molecule has 4 atom stereocenters. The van der Waals surface area contributed by atoms with E-state index in [2.05, 4.69) is 15.6 Å². The number of likely N-dealkylation sites (tertiary alicyclic amines) is 1. The Morgan fingerprint density at radius 3 is 2.27 bits per heavy atom. The fourth-order valence-electron chi connectivity index (χ4n) is 5.80. The summed E-state index contributed by atoms with van der Waals surface area (Å²) in [6.45, 7) is 0.287. The Morgan fingerprint density at radius 2 is 1.53 bits per heavy atom. The smallest absolute Gasteiger partial charge is 0.326 e. The number of nitrogens with two attached hydrogens (primary N) is 1. The molecule has 234 valence electrons. The minimum atomic E-state index is -1.23. The largest absolute Gasteiger partial charge is 0.508 e. The van der Waals surface area contributed by atoms with Crippen molar-refractivity contribution in [2.75, 3.05) is 6.54 Å². The van der Waals surface area contributed by atoms with Crippen molar-refractivity contribution in [2.24, 2.45) is 5.73 Å². The Morgan fingerprint density at radius 1 is 0.867 bits per heavy atom. The molecule has 1 aliphatic rings. The average Bonchev–Trinajstić information content (AvgIpc) is 3.69. The molecule has 5 rings (SSSR count). The van der Waals surface area contributed by atoms with E-state index in [0.717, 1.165) is 22.0 Å². The van der Waals surface area contributed by atoms with E-state index in [0.29, 0.717) is 18.4 Å². The number of H-pyrrole nitrogens is 1. The first-order valence-electron chi connectivity index (χ1n) is 15.0. The van der Waals surface area contributed by atoms with Crippen molar-refractivity contribution in [2.45, 2.75) is 56.3 Å². The van der Waals surface area contributed by atoms with Crippen LogP contribution in [0.3, 0.4) is 0 Å². The second kappa shape index (κ2) is 14.1. The number of carboxylic acid groups (broad SMARTS) is 1. The van der Waals surface area contributed by atoms with Gasteiger partial charge in [0.25, 0.3) is 0 Å². The van der Waals surface area contributed by atoms with Gasteiger partial charge in [-0.2, -0.15) is 0 Å². The predicted molar refractivity (Wildman–Crippen MR) is 168 cm³/mol. The first kappa shape index (κ1) is 31.3. The molecule has 11 nitrogen and oxygen atoms in total. The number of fused-ring (bicyclic) bond motifs is 1. The number of aromatic hydroxyl groups is 1. The monoisotopic (exact) mass is 611 g/mol. The number of hydrogen-bond acceptors (Lipinski definition) is 6. The summed E-state index contributed by atoms with van der Waals surface area (Å²) in [5, 5.41) is 25.7. The third-order valence-corrected chi connectivity index (χ3v) is 8.18. The number of carbonyl (C=O) groups excluding carboxylic acids is 3. The second-order valence-electron chi connectivity index (χ2n) is 11.4. The van der Waals surface area contributed by atoms with Crippen LogP contribution in [0, 0.1) is 0 Å². The van der Waals surface area contributed by atoms with Crippen LogP contribution in [0.4, 0.5) is 0 Å². The average molecular weight is 612 g/mol. The standard InChI is InChI=1S/C34H37N5O6/c35-26(19-23-20-36-27-10-5-4-9-25(23)27)31(41)37-28(17-21-7-2-1-3-8-21)33(43)39-16-6-11-30(39)32(42)38-29(34(44)45)18-22-12-14-24(40)15-13-22/h1-5,7-10,12-15,20,26,28-30,36,40H,6,11,16-19,35H2,(H,37,41)(H,38,42)(H,44,45). The number of benzene rings is 3. The van der Waals surface area contributed by atoms with Gasteiger partial charge in [0, 0.05) is 36.5 Å². The summed E-state index contributed by atoms with van der Waals surface area (Å²) in [6, 6.07) is 19.0. The number of nitrogens with one attached hydrogen (secondary N) is 3. The fourth-order valence-corrected chi connectivity index (χ4v) is 5.80. The van der Waals surface area contributed by atoms with E-state index in [1.165, 1.54) is 17.0 Å². The number of aromatic nitrogens is 1. The van der Waals surface area contributed by atoms with Crippen molar-refractivity contribution in [1.29, 1.82) is 0 Å². The van der Waals surface area contributed by atoms with Crippen LogP contribution in [0.5, 0.6) is 5.75 Å². The molecule has 7 N–H and O–H groups in total. The van der Waals surface area contributed by atoms with Gasteiger partial charge in [0.2, 0.25) is 17.7 Å². The van der Waals surface area contributed by atoms with E-state index in [-0.39, 0.29) is 31.6 Å². The molecule has 0 radical (unpaired) electrons. The van der Waals surface area contributed by atoms with E-state index in [4.69, 9.17) is 5.73 Å². The van der Waals surface area contributed by atoms with Crippen molar-refractivity contribution < 1.29 is 29.4 Å². The van der Waals surface area contributed by atoms with Crippen LogP contribution < -0.4 is 16.4 Å². The number of carbonyl (C=O) groups is 4. The number of hydrogen-bond donors (Lipinski definition) is 6. The van der Waals surface area contributed by atoms with Crippen LogP contribution >= 0.6 is 0 Å². The highest BCUT2D eigenvalue weighted by Crippen LogP contribution is 2.22. The highest BCUT2D eigenvalue weighted by Gasteiger charge is 2.39. The molecule has 1 saturated heterocycles. The maximum atomic E-state index is 14.0. The number of aliphatic carboxylic acids is 1. The van der Waals surface area contributed by atoms with Crippen molar-refractivity contribution in [1.82, 2.24) is 20.5 Å². The normalized spacial score (nSPS) is 16.6. The van der Waals surface area contributed by atoms with Gasteiger partial charge in [0.15, 0.2) is 0 Å². The van der Waals surface area contributed by atoms with E-state index < -0.39 is 47.9 Å². The van der Waals surface area contributed by atoms with Crippen LogP contribution in [0.25, 0.3) is 10.9 Å². The minimum absolute atomic E-state index is 0.00300. The van der Waals surface area contributed by atoms with Crippen molar-refractivity contribution >= 4 is 34.6 Å². The zero-order valence-electron chi connectivity index (χ0n) is 24.7. The van der Waals surface area contributed by atoms with E-state index in [1.807, 2.05) is 60.8 Å². The highest BCUT2D eigenvalue weighted by atomic mass is 16.4. The molecule has 0 bridgehead atoms. The number of para-hydroxylation sites is 1. The molecule has 45 heavy (non-hydrogen) atoms. The lowest BCUT2D eigenvalue weighted by Gasteiger charge is -2.30. The van der Waals surface area contributed by atoms with E-state index >= 15 is 0 Å². The third-order valence-electron chi connectivity index (χ3n) is 8.18. The first-order chi connectivity index (χ1) is 21.7. The quantitative estimate of drug-likeness (QED) is 0.142. The summed E-state index contributed by atoms with van der Waals surface area (Å²) in [5.74, 6) is -2.67. The SMILES string of the molecule is NC(Cc1c[nH]c2ccccc12)C(=O)NC(Cc1ccccc1)C(=O)N1CCCC1C(=O)NC(Cc1ccc(O)cc1)C(=O)O. The summed E-state index contributed by atoms with van der Waals surface area (Å²) in [5.41, 5.74) is 9.60. The summed E-state index contributed by atoms with van der Waals surface area (Å²) >= 11 is 0. The van der Waals surface area contributed by atoms with Crippen LogP contribution in [0.1, 0.15) is 29.5 Å². The maximum Gasteiger partial charge on any atom is 0.326 e. The Hall–Kier alpha value is -5.16. The van der Waals surface area contributed by atoms with Gasteiger partial charge in [0.05, 0.1) is 6.04 Å². The Kier molecular flexibility index (Phi) is 9.79. The van der Waals surface area contributed by atoms with Crippen molar-refractivity contribution in [3.63, 3.8) is 0 Å². The molecule has 3 aromatic carbocycles. The number of aromatic amines is 1. The van der Waals surface area contributed by atoms with Gasteiger partial charge < -0.3 is 36.5 Å². The first-order valence-corrected chi connectivity index (χ1v) is 15.0. The maximum absolute atomic E-state index is 14.0. The topological polar surface area (TPSA) is 178 Å². The summed E-state index contributed by atoms with van der Waals surface area (Å²) < 4.78 is 0. The molecule has 0 spiro atoms. The Bertz CT molecular complexity index is 1650. The number of nitrogens with zero attached hydrogens (tertiary/aromatic N) is 1. The molecular formula is C34H37N5O6. The van der Waals surface area contributed by atoms with Gasteiger partial charge in [-0.3, -0.25) is 14.4 Å². The van der Waals surface area contributed by atoms with Crippen molar-refractivity contribution in [3.05, 3.63) is 102 Å². The zero-order chi connectivity index (χ0) is 31.9. The van der Waals surface area contributed by atoms with Crippen LogP contribution in [0.2, 0.25) is 0 Å². The minimum Gasteiger partial charge on any atom is -0.508 e. The number of carboxylic acids is 1. The lowest BCUT2D eigenvalue weighted by molar-refractivity contribution is -0.144. The van der Waals surface area contributed by atoms with Crippen molar-refractivity contribution in [3.8, 4) is 5.75 Å². The van der Waals surface area contributed by atoms with Crippen LogP contribution in [0.15, 0.2) is 85.1 Å². The second-order valence-corrected chi connectivity index (χ2v) is 11.4. The number of rotatable bonds is 12. The van der Waals surface area contributed by atoms with Gasteiger partial charge in [-0.1, -0.05) is 60.7 Å². The van der Waals surface area contributed by atoms with Crippen LogP contribution in [-0.2, 0) is 38.4 Å². The van der Waals surface area contributed by atoms with E-state index in [1.54, 1.807) is 12.1 Å². The molecule has 3 amide bonds. The van der Waals surface area contributed by atoms with Gasteiger partial charge in [-0.15, -0.1) is 0 Å². The highest BCUT2D eigenvalue weighted by molar-refractivity contribution is 5.95. The molecule has 2 heterocycles. The van der Waals surface area contributed by atoms with Gasteiger partial charge >= 0.3 is 5.97 Å². The van der Waals surface area contributed by atoms with Crippen LogP contribution in [-0.4, -0.2) is 74.5 Å². The lowest BCUT2D eigenvalue weighted by Crippen LogP contribution is -2.57. The molecule has 1 aliphatic heterocycles. The number of amides is 3. The van der Waals surface area contributed by atoms with E-state index in [9.17, 15) is 29.4 Å². The van der Waals surface area contributed by atoms with Gasteiger partial charge in [0.1, 0.15) is 23.9 Å². The zero-order valence-corrected chi connectivity index (χ0v) is 24.7. The molecule has 4 unspecified atom stereocenters.